The fourth-order valence-electron chi connectivity index (χ4n) is 1.61. The van der Waals surface area contributed by atoms with Crippen LogP contribution in [0.5, 0.6) is 0 Å². The smallest absolute Gasteiger partial charge is 0.243 e. The van der Waals surface area contributed by atoms with Crippen LogP contribution in [0, 0.1) is 6.92 Å². The van der Waals surface area contributed by atoms with Crippen LogP contribution in [0.15, 0.2) is 21.5 Å². The third-order valence-corrected chi connectivity index (χ3v) is 5.32. The van der Waals surface area contributed by atoms with Gasteiger partial charge in [-0.1, -0.05) is 29.3 Å². The summed E-state index contributed by atoms with van der Waals surface area (Å²) in [6.07, 6.45) is 1.80. The van der Waals surface area contributed by atoms with Crippen molar-refractivity contribution in [2.45, 2.75) is 31.6 Å². The molecule has 0 atom stereocenters. The third kappa shape index (κ3) is 3.24. The topological polar surface area (TPSA) is 63.4 Å². The first-order valence-electron chi connectivity index (χ1n) is 5.82. The van der Waals surface area contributed by atoms with Crippen molar-refractivity contribution >= 4 is 31.6 Å². The van der Waals surface area contributed by atoms with Gasteiger partial charge >= 0.3 is 0 Å². The van der Waals surface area contributed by atoms with Crippen LogP contribution in [0.25, 0.3) is 0 Å². The predicted octanol–water partition coefficient (Wildman–Crippen LogP) is 2.76. The minimum Gasteiger partial charge on any atom is -0.398 e. The molecule has 102 valence electrons. The van der Waals surface area contributed by atoms with Gasteiger partial charge in [0, 0.05) is 23.8 Å². The molecule has 18 heavy (non-hydrogen) atoms. The highest BCUT2D eigenvalue weighted by molar-refractivity contribution is 9.10. The minimum absolute atomic E-state index is 0.271. The SMILES string of the molecule is CCCCN(C)S(=O)(=O)c1cc(Br)cc(N)c1C. The molecule has 0 aliphatic heterocycles. The highest BCUT2D eigenvalue weighted by Gasteiger charge is 2.23. The van der Waals surface area contributed by atoms with Gasteiger partial charge in [0.1, 0.15) is 0 Å². The molecule has 0 heterocycles. The lowest BCUT2D eigenvalue weighted by Crippen LogP contribution is -2.28. The van der Waals surface area contributed by atoms with Gasteiger partial charge < -0.3 is 5.73 Å². The fourth-order valence-corrected chi connectivity index (χ4v) is 3.72. The summed E-state index contributed by atoms with van der Waals surface area (Å²) in [5.74, 6) is 0. The van der Waals surface area contributed by atoms with Crippen LogP contribution in [0.4, 0.5) is 5.69 Å². The molecule has 0 aliphatic rings. The molecule has 0 aliphatic carbocycles. The van der Waals surface area contributed by atoms with E-state index in [0.717, 1.165) is 12.8 Å². The van der Waals surface area contributed by atoms with Gasteiger partial charge in [0.05, 0.1) is 4.90 Å². The van der Waals surface area contributed by atoms with E-state index in [1.807, 2.05) is 6.92 Å². The number of hydrogen-bond donors (Lipinski definition) is 1. The molecule has 4 nitrogen and oxygen atoms in total. The van der Waals surface area contributed by atoms with Gasteiger partial charge in [0.25, 0.3) is 0 Å². The van der Waals surface area contributed by atoms with Gasteiger partial charge in [0.2, 0.25) is 10.0 Å². The van der Waals surface area contributed by atoms with Crippen molar-refractivity contribution in [3.63, 3.8) is 0 Å². The Morgan fingerprint density at radius 3 is 2.56 bits per heavy atom. The Hall–Kier alpha value is -0.590. The Labute approximate surface area is 117 Å². The molecule has 0 aromatic heterocycles. The summed E-state index contributed by atoms with van der Waals surface area (Å²) < 4.78 is 26.9. The second-order valence-electron chi connectivity index (χ2n) is 4.30. The number of sulfonamides is 1. The molecule has 0 unspecified atom stereocenters. The van der Waals surface area contributed by atoms with Crippen molar-refractivity contribution in [1.82, 2.24) is 4.31 Å². The van der Waals surface area contributed by atoms with Crippen LogP contribution < -0.4 is 5.73 Å². The van der Waals surface area contributed by atoms with Crippen LogP contribution in [0.2, 0.25) is 0 Å². The van der Waals surface area contributed by atoms with Crippen molar-refractivity contribution in [2.24, 2.45) is 0 Å². The van der Waals surface area contributed by atoms with Crippen molar-refractivity contribution < 1.29 is 8.42 Å². The van der Waals surface area contributed by atoms with Gasteiger partial charge in [-0.25, -0.2) is 12.7 Å². The van der Waals surface area contributed by atoms with Gasteiger partial charge in [0.15, 0.2) is 0 Å². The van der Waals surface area contributed by atoms with Crippen LogP contribution in [0.1, 0.15) is 25.3 Å². The van der Waals surface area contributed by atoms with Crippen LogP contribution >= 0.6 is 15.9 Å². The zero-order valence-corrected chi connectivity index (χ0v) is 13.3. The van der Waals surface area contributed by atoms with Crippen molar-refractivity contribution in [1.29, 1.82) is 0 Å². The highest BCUT2D eigenvalue weighted by Crippen LogP contribution is 2.28. The van der Waals surface area contributed by atoms with E-state index < -0.39 is 10.0 Å². The minimum atomic E-state index is -3.46. The maximum Gasteiger partial charge on any atom is 0.243 e. The molecule has 6 heteroatoms. The molecule has 0 spiro atoms. The molecule has 0 amide bonds. The summed E-state index contributed by atoms with van der Waals surface area (Å²) >= 11 is 3.28. The Balaban J connectivity index is 3.20. The first-order chi connectivity index (χ1) is 8.30. The Morgan fingerprint density at radius 2 is 2.00 bits per heavy atom. The number of benzene rings is 1. The number of halogens is 1. The van der Waals surface area contributed by atoms with Crippen molar-refractivity contribution in [2.75, 3.05) is 19.3 Å². The van der Waals surface area contributed by atoms with Gasteiger partial charge in [-0.15, -0.1) is 0 Å². The summed E-state index contributed by atoms with van der Waals surface area (Å²) in [5.41, 5.74) is 6.88. The van der Waals surface area contributed by atoms with Gasteiger partial charge in [-0.3, -0.25) is 0 Å². The van der Waals surface area contributed by atoms with E-state index in [9.17, 15) is 8.42 Å². The Kier molecular flexibility index (Phi) is 5.19. The third-order valence-electron chi connectivity index (χ3n) is 2.88. The van der Waals surface area contributed by atoms with Crippen LogP contribution in [-0.4, -0.2) is 26.3 Å². The first kappa shape index (κ1) is 15.5. The van der Waals surface area contributed by atoms with Crippen molar-refractivity contribution in [3.05, 3.63) is 22.2 Å². The predicted molar refractivity (Wildman–Crippen MR) is 78.0 cm³/mol. The monoisotopic (exact) mass is 334 g/mol. The highest BCUT2D eigenvalue weighted by atomic mass is 79.9. The average Bonchev–Trinajstić information content (AvgIpc) is 2.30. The van der Waals surface area contributed by atoms with E-state index in [0.29, 0.717) is 22.3 Å². The molecule has 1 aromatic carbocycles. The Bertz CT molecular complexity index is 529. The summed E-state index contributed by atoms with van der Waals surface area (Å²) in [7, 11) is -1.86. The van der Waals surface area contributed by atoms with Gasteiger partial charge in [-0.2, -0.15) is 0 Å². The molecule has 2 N–H and O–H groups in total. The first-order valence-corrected chi connectivity index (χ1v) is 8.06. The second-order valence-corrected chi connectivity index (χ2v) is 7.23. The summed E-state index contributed by atoms with van der Waals surface area (Å²) in [6, 6.07) is 3.31. The molecule has 1 rings (SSSR count). The number of anilines is 1. The molecule has 0 fully saturated rings. The van der Waals surface area contributed by atoms with E-state index >= 15 is 0 Å². The lowest BCUT2D eigenvalue weighted by molar-refractivity contribution is 0.459. The fraction of sp³-hybridized carbons (Fsp3) is 0.500. The van der Waals surface area contributed by atoms with E-state index in [1.165, 1.54) is 4.31 Å². The lowest BCUT2D eigenvalue weighted by Gasteiger charge is -2.19. The van der Waals surface area contributed by atoms with E-state index in [4.69, 9.17) is 5.73 Å². The standard InChI is InChI=1S/C12H19BrN2O2S/c1-4-5-6-15(3)18(16,17)12-8-10(13)7-11(14)9(12)2/h7-8H,4-6,14H2,1-3H3. The number of unbranched alkanes of at least 4 members (excludes halogenated alkanes) is 1. The molecule has 0 bridgehead atoms. The number of nitrogen functional groups attached to an aromatic ring is 1. The van der Waals surface area contributed by atoms with E-state index in [2.05, 4.69) is 15.9 Å². The molecule has 0 saturated carbocycles. The zero-order valence-electron chi connectivity index (χ0n) is 10.9. The van der Waals surface area contributed by atoms with Gasteiger partial charge in [-0.05, 0) is 31.0 Å². The average molecular weight is 335 g/mol. The number of rotatable bonds is 5. The molecular weight excluding hydrogens is 316 g/mol. The molecule has 1 aromatic rings. The van der Waals surface area contributed by atoms with Crippen molar-refractivity contribution in [3.8, 4) is 0 Å². The summed E-state index contributed by atoms with van der Waals surface area (Å²) in [5, 5.41) is 0. The number of hydrogen-bond acceptors (Lipinski definition) is 3. The van der Waals surface area contributed by atoms with Crippen LogP contribution in [0.3, 0.4) is 0 Å². The molecule has 0 saturated heterocycles. The quantitative estimate of drug-likeness (QED) is 0.842. The largest absolute Gasteiger partial charge is 0.398 e. The molecular formula is C12H19BrN2O2S. The summed E-state index contributed by atoms with van der Waals surface area (Å²) in [4.78, 5) is 0.271. The summed E-state index contributed by atoms with van der Waals surface area (Å²) in [6.45, 7) is 4.27. The maximum absolute atomic E-state index is 12.4. The molecule has 0 radical (unpaired) electrons. The maximum atomic E-state index is 12.4. The number of nitrogens with two attached hydrogens (primary N) is 1. The lowest BCUT2D eigenvalue weighted by atomic mass is 10.2. The van der Waals surface area contributed by atoms with E-state index in [1.54, 1.807) is 26.1 Å². The second kappa shape index (κ2) is 6.04. The normalized spacial score (nSPS) is 12.1. The van der Waals surface area contributed by atoms with Crippen LogP contribution in [-0.2, 0) is 10.0 Å². The number of nitrogens with zero attached hydrogens (tertiary/aromatic N) is 1. The zero-order chi connectivity index (χ0) is 13.9. The van der Waals surface area contributed by atoms with E-state index in [-0.39, 0.29) is 4.90 Å². The Morgan fingerprint density at radius 1 is 1.39 bits per heavy atom.